The van der Waals surface area contributed by atoms with E-state index in [1.165, 1.54) is 12.8 Å². The number of aromatic nitrogens is 2. The van der Waals surface area contributed by atoms with Gasteiger partial charge in [-0.2, -0.15) is 0 Å². The molecule has 1 aliphatic heterocycles. The summed E-state index contributed by atoms with van der Waals surface area (Å²) in [5.41, 5.74) is 1.81. The van der Waals surface area contributed by atoms with E-state index in [-0.39, 0.29) is 18.2 Å². The Labute approximate surface area is 115 Å². The predicted molar refractivity (Wildman–Crippen MR) is 76.5 cm³/mol. The maximum absolute atomic E-state index is 6.16. The first-order valence-corrected chi connectivity index (χ1v) is 7.09. The molecule has 0 atom stereocenters. The lowest BCUT2D eigenvalue weighted by Crippen LogP contribution is -2.52. The average molecular weight is 259 g/mol. The third-order valence-corrected chi connectivity index (χ3v) is 4.67. The normalized spacial score (nSPS) is 24.8. The number of hydrogen-bond donors (Lipinski definition) is 1. The molecule has 2 fully saturated rings. The van der Waals surface area contributed by atoms with Crippen molar-refractivity contribution in [2.75, 3.05) is 0 Å². The van der Waals surface area contributed by atoms with Crippen molar-refractivity contribution in [2.24, 2.45) is 0 Å². The topological polar surface area (TPSA) is 47.0 Å². The van der Waals surface area contributed by atoms with Gasteiger partial charge < -0.3 is 9.88 Å². The number of nitrogens with one attached hydrogen (secondary N) is 1. The third kappa shape index (κ3) is 2.19. The molecule has 1 aliphatic carbocycles. The van der Waals surface area contributed by atoms with Crippen molar-refractivity contribution >= 4 is 12.5 Å². The molecule has 0 bridgehead atoms. The molecule has 102 valence electrons. The van der Waals surface area contributed by atoms with E-state index in [9.17, 15) is 0 Å². The quantitative estimate of drug-likeness (QED) is 0.818. The van der Waals surface area contributed by atoms with Gasteiger partial charge in [0.1, 0.15) is 5.82 Å². The van der Waals surface area contributed by atoms with Gasteiger partial charge in [-0.25, -0.2) is 9.97 Å². The van der Waals surface area contributed by atoms with Gasteiger partial charge in [0.2, 0.25) is 0 Å². The SMILES string of the molecule is Cc1nc(C2CC2)ncc1B1NC(C)(C)C(C)(C)O1. The van der Waals surface area contributed by atoms with Crippen LogP contribution in [0.5, 0.6) is 0 Å². The molecule has 1 aromatic heterocycles. The highest BCUT2D eigenvalue weighted by Crippen LogP contribution is 2.37. The van der Waals surface area contributed by atoms with Crippen LogP contribution in [0.25, 0.3) is 0 Å². The lowest BCUT2D eigenvalue weighted by atomic mass is 9.73. The predicted octanol–water partition coefficient (Wildman–Crippen LogP) is 1.53. The Balaban J connectivity index is 1.87. The molecule has 1 saturated carbocycles. The second kappa shape index (κ2) is 4.03. The van der Waals surface area contributed by atoms with E-state index >= 15 is 0 Å². The molecule has 0 aromatic carbocycles. The molecule has 2 heterocycles. The Morgan fingerprint density at radius 3 is 2.47 bits per heavy atom. The molecule has 5 heteroatoms. The van der Waals surface area contributed by atoms with E-state index < -0.39 is 0 Å². The first-order valence-electron chi connectivity index (χ1n) is 7.09. The fraction of sp³-hybridized carbons (Fsp3) is 0.714. The van der Waals surface area contributed by atoms with E-state index in [1.807, 2.05) is 13.1 Å². The molecule has 1 aromatic rings. The van der Waals surface area contributed by atoms with E-state index in [0.717, 1.165) is 17.0 Å². The van der Waals surface area contributed by atoms with Gasteiger partial charge in [-0.05, 0) is 47.5 Å². The van der Waals surface area contributed by atoms with Crippen molar-refractivity contribution < 1.29 is 4.65 Å². The first-order chi connectivity index (χ1) is 8.80. The lowest BCUT2D eigenvalue weighted by Gasteiger charge is -2.33. The van der Waals surface area contributed by atoms with Crippen LogP contribution in [-0.4, -0.2) is 28.2 Å². The maximum Gasteiger partial charge on any atom is 0.420 e. The highest BCUT2D eigenvalue weighted by molar-refractivity contribution is 6.66. The number of rotatable bonds is 2. The average Bonchev–Trinajstić information content (AvgIpc) is 3.07. The van der Waals surface area contributed by atoms with E-state index in [0.29, 0.717) is 5.92 Å². The van der Waals surface area contributed by atoms with Crippen molar-refractivity contribution in [2.45, 2.75) is 64.5 Å². The van der Waals surface area contributed by atoms with E-state index in [1.54, 1.807) is 0 Å². The summed E-state index contributed by atoms with van der Waals surface area (Å²) in [4.78, 5) is 9.15. The number of nitrogens with zero attached hydrogens (tertiary/aromatic N) is 2. The van der Waals surface area contributed by atoms with Gasteiger partial charge in [-0.15, -0.1) is 0 Å². The van der Waals surface area contributed by atoms with Crippen molar-refractivity contribution in [1.82, 2.24) is 15.2 Å². The van der Waals surface area contributed by atoms with E-state index in [4.69, 9.17) is 4.65 Å². The smallest absolute Gasteiger partial charge is 0.411 e. The van der Waals surface area contributed by atoms with Gasteiger partial charge in [0.25, 0.3) is 0 Å². The van der Waals surface area contributed by atoms with Crippen molar-refractivity contribution in [3.63, 3.8) is 0 Å². The monoisotopic (exact) mass is 259 g/mol. The first kappa shape index (κ1) is 13.1. The molecule has 4 nitrogen and oxygen atoms in total. The van der Waals surface area contributed by atoms with Gasteiger partial charge in [-0.3, -0.25) is 0 Å². The molecule has 0 radical (unpaired) electrons. The van der Waals surface area contributed by atoms with Crippen LogP contribution in [0.15, 0.2) is 6.20 Å². The van der Waals surface area contributed by atoms with Crippen molar-refractivity contribution in [1.29, 1.82) is 0 Å². The fourth-order valence-corrected chi connectivity index (χ4v) is 2.40. The summed E-state index contributed by atoms with van der Waals surface area (Å²) in [7, 11) is -0.113. The summed E-state index contributed by atoms with van der Waals surface area (Å²) in [6.07, 6.45) is 4.40. The second-order valence-corrected chi connectivity index (χ2v) is 6.82. The van der Waals surface area contributed by atoms with Crippen LogP contribution in [0.3, 0.4) is 0 Å². The maximum atomic E-state index is 6.16. The largest absolute Gasteiger partial charge is 0.420 e. The summed E-state index contributed by atoms with van der Waals surface area (Å²) in [6, 6.07) is 0. The molecule has 3 rings (SSSR count). The van der Waals surface area contributed by atoms with Gasteiger partial charge in [0, 0.05) is 28.8 Å². The van der Waals surface area contributed by atoms with Gasteiger partial charge in [0.15, 0.2) is 0 Å². The Morgan fingerprint density at radius 1 is 1.32 bits per heavy atom. The molecule has 0 spiro atoms. The number of aryl methyl sites for hydroxylation is 1. The Bertz CT molecular complexity index is 495. The highest BCUT2D eigenvalue weighted by atomic mass is 16.5. The van der Waals surface area contributed by atoms with Crippen LogP contribution in [0.4, 0.5) is 0 Å². The highest BCUT2D eigenvalue weighted by Gasteiger charge is 2.50. The molecule has 0 amide bonds. The van der Waals surface area contributed by atoms with E-state index in [2.05, 4.69) is 42.9 Å². The standard InChI is InChI=1S/C14H22BN3O/c1-9-11(8-16-12(17-9)10-6-7-10)15-18-13(2,3)14(4,5)19-15/h8,10,18H,6-7H2,1-5H3. The molecule has 0 unspecified atom stereocenters. The zero-order chi connectivity index (χ0) is 13.8. The third-order valence-electron chi connectivity index (χ3n) is 4.67. The van der Waals surface area contributed by atoms with Crippen LogP contribution in [0.2, 0.25) is 0 Å². The fourth-order valence-electron chi connectivity index (χ4n) is 2.40. The van der Waals surface area contributed by atoms with Crippen LogP contribution < -0.4 is 10.7 Å². The summed E-state index contributed by atoms with van der Waals surface area (Å²) in [5, 5.41) is 3.54. The molecule has 1 N–H and O–H groups in total. The summed E-state index contributed by atoms with van der Waals surface area (Å²) in [5.74, 6) is 1.59. The Hall–Kier alpha value is -0.935. The minimum absolute atomic E-state index is 0.0702. The molecular weight excluding hydrogens is 237 g/mol. The van der Waals surface area contributed by atoms with Crippen LogP contribution >= 0.6 is 0 Å². The minimum atomic E-state index is -0.209. The summed E-state index contributed by atoms with van der Waals surface area (Å²) < 4.78 is 6.16. The summed E-state index contributed by atoms with van der Waals surface area (Å²) >= 11 is 0. The zero-order valence-corrected chi connectivity index (χ0v) is 12.4. The second-order valence-electron chi connectivity index (χ2n) is 6.82. The van der Waals surface area contributed by atoms with Gasteiger partial charge in [0.05, 0.1) is 5.60 Å². The summed E-state index contributed by atoms with van der Waals surface area (Å²) in [6.45, 7) is 10.6. The molecule has 1 saturated heterocycles. The molecule has 2 aliphatic rings. The Kier molecular flexibility index (Phi) is 2.77. The van der Waals surface area contributed by atoms with Crippen molar-refractivity contribution in [3.05, 3.63) is 17.7 Å². The van der Waals surface area contributed by atoms with Crippen molar-refractivity contribution in [3.8, 4) is 0 Å². The molecular formula is C14H22BN3O. The minimum Gasteiger partial charge on any atom is -0.411 e. The van der Waals surface area contributed by atoms with Crippen LogP contribution in [-0.2, 0) is 4.65 Å². The van der Waals surface area contributed by atoms with Gasteiger partial charge >= 0.3 is 7.05 Å². The Morgan fingerprint density at radius 2 is 2.00 bits per heavy atom. The van der Waals surface area contributed by atoms with Gasteiger partial charge in [-0.1, -0.05) is 0 Å². The van der Waals surface area contributed by atoms with Crippen LogP contribution in [0.1, 0.15) is 58.0 Å². The van der Waals surface area contributed by atoms with Crippen LogP contribution in [0, 0.1) is 6.92 Å². The number of hydrogen-bond acceptors (Lipinski definition) is 4. The molecule has 19 heavy (non-hydrogen) atoms. The zero-order valence-electron chi connectivity index (χ0n) is 12.4. The lowest BCUT2D eigenvalue weighted by molar-refractivity contribution is 0.0750.